The number of benzene rings is 1. The number of hydrogen-bond donors (Lipinski definition) is 3. The fraction of sp³-hybridized carbons (Fsp3) is 0.438. The van der Waals surface area contributed by atoms with Crippen LogP contribution >= 0.6 is 24.0 Å². The van der Waals surface area contributed by atoms with Gasteiger partial charge in [0, 0.05) is 7.05 Å². The van der Waals surface area contributed by atoms with E-state index >= 15 is 0 Å². The maximum atomic E-state index is 12.6. The third-order valence-corrected chi connectivity index (χ3v) is 6.45. The van der Waals surface area contributed by atoms with Gasteiger partial charge in [-0.25, -0.2) is 8.42 Å². The van der Waals surface area contributed by atoms with Gasteiger partial charge in [-0.05, 0) is 49.7 Å². The number of aryl methyl sites for hydroxylation is 1. The molecular formula is C16H23N5O3S3. The number of nitrogens with one attached hydrogen (secondary N) is 3. The van der Waals surface area contributed by atoms with Crippen molar-refractivity contribution in [1.82, 2.24) is 24.8 Å². The van der Waals surface area contributed by atoms with E-state index in [4.69, 9.17) is 12.2 Å². The molecule has 1 heterocycles. The van der Waals surface area contributed by atoms with E-state index in [-0.39, 0.29) is 11.4 Å². The van der Waals surface area contributed by atoms with Gasteiger partial charge >= 0.3 is 0 Å². The van der Waals surface area contributed by atoms with Gasteiger partial charge in [-0.2, -0.15) is 21.6 Å². The van der Waals surface area contributed by atoms with Crippen molar-refractivity contribution >= 4 is 39.9 Å². The minimum absolute atomic E-state index is 0.129. The van der Waals surface area contributed by atoms with Gasteiger partial charge in [0.1, 0.15) is 6.04 Å². The molecule has 0 saturated heterocycles. The minimum Gasteiger partial charge on any atom is -0.347 e. The van der Waals surface area contributed by atoms with Crippen molar-refractivity contribution in [2.45, 2.75) is 30.8 Å². The summed E-state index contributed by atoms with van der Waals surface area (Å²) < 4.78 is 29.8. The molecule has 1 aromatic carbocycles. The highest BCUT2D eigenvalue weighted by atomic mass is 32.2. The van der Waals surface area contributed by atoms with Crippen LogP contribution in [0, 0.1) is 11.7 Å². The average molecular weight is 430 g/mol. The van der Waals surface area contributed by atoms with Gasteiger partial charge in [0.15, 0.2) is 10.6 Å². The highest BCUT2D eigenvalue weighted by molar-refractivity contribution is 7.98. The molecule has 2 rings (SSSR count). The summed E-state index contributed by atoms with van der Waals surface area (Å²) in [5.41, 5.74) is 0.957. The fourth-order valence-electron chi connectivity index (χ4n) is 2.28. The Hall–Kier alpha value is -1.69. The molecule has 2 aromatic rings. The lowest BCUT2D eigenvalue weighted by Crippen LogP contribution is -2.47. The lowest BCUT2D eigenvalue weighted by atomic mass is 10.2. The molecule has 1 unspecified atom stereocenters. The number of aromatic amines is 1. The molecule has 11 heteroatoms. The van der Waals surface area contributed by atoms with Crippen molar-refractivity contribution in [3.8, 4) is 0 Å². The first-order chi connectivity index (χ1) is 12.7. The SMILES string of the molecule is CSCCC(NS(=O)(=O)c1ccc(C)cc1)C(=O)NCc1n[nH]c(=S)n1C. The number of hydrogen-bond acceptors (Lipinski definition) is 6. The lowest BCUT2D eigenvalue weighted by Gasteiger charge is -2.18. The number of carbonyl (C=O) groups excluding carboxylic acids is 1. The minimum atomic E-state index is -3.80. The molecule has 1 atom stereocenters. The van der Waals surface area contributed by atoms with E-state index in [0.29, 0.717) is 22.8 Å². The van der Waals surface area contributed by atoms with Crippen molar-refractivity contribution < 1.29 is 13.2 Å². The third-order valence-electron chi connectivity index (χ3n) is 3.95. The first kappa shape index (κ1) is 21.6. The summed E-state index contributed by atoms with van der Waals surface area (Å²) >= 11 is 6.58. The van der Waals surface area contributed by atoms with E-state index in [0.717, 1.165) is 5.56 Å². The molecule has 1 aromatic heterocycles. The number of nitrogens with zero attached hydrogens (tertiary/aromatic N) is 2. The van der Waals surface area contributed by atoms with Crippen LogP contribution in [-0.4, -0.2) is 47.1 Å². The van der Waals surface area contributed by atoms with Gasteiger partial charge in [-0.1, -0.05) is 17.7 Å². The number of thioether (sulfide) groups is 1. The quantitative estimate of drug-likeness (QED) is 0.521. The smallest absolute Gasteiger partial charge is 0.241 e. The molecule has 0 aliphatic carbocycles. The Morgan fingerprint density at radius 2 is 2.04 bits per heavy atom. The molecule has 148 valence electrons. The number of amides is 1. The van der Waals surface area contributed by atoms with Crippen molar-refractivity contribution in [2.24, 2.45) is 7.05 Å². The number of carbonyl (C=O) groups is 1. The first-order valence-corrected chi connectivity index (χ1v) is 11.5. The zero-order valence-electron chi connectivity index (χ0n) is 15.4. The van der Waals surface area contributed by atoms with Gasteiger partial charge in [0.05, 0.1) is 11.4 Å². The Morgan fingerprint density at radius 3 is 2.59 bits per heavy atom. The van der Waals surface area contributed by atoms with Gasteiger partial charge < -0.3 is 9.88 Å². The van der Waals surface area contributed by atoms with Gasteiger partial charge in [0.25, 0.3) is 0 Å². The van der Waals surface area contributed by atoms with Crippen LogP contribution in [0.15, 0.2) is 29.2 Å². The summed E-state index contributed by atoms with van der Waals surface area (Å²) in [4.78, 5) is 12.7. The summed E-state index contributed by atoms with van der Waals surface area (Å²) in [5.74, 6) is 0.785. The number of aromatic nitrogens is 3. The van der Waals surface area contributed by atoms with Gasteiger partial charge in [-0.3, -0.25) is 9.89 Å². The normalized spacial score (nSPS) is 12.7. The Bertz CT molecular complexity index is 935. The Balaban J connectivity index is 2.11. The second-order valence-corrected chi connectivity index (χ2v) is 9.08. The maximum absolute atomic E-state index is 12.6. The highest BCUT2D eigenvalue weighted by Crippen LogP contribution is 2.12. The van der Waals surface area contributed by atoms with Crippen molar-refractivity contribution in [1.29, 1.82) is 0 Å². The number of H-pyrrole nitrogens is 1. The Kier molecular flexibility index (Phi) is 7.59. The van der Waals surface area contributed by atoms with Crippen LogP contribution in [0.5, 0.6) is 0 Å². The maximum Gasteiger partial charge on any atom is 0.241 e. The zero-order chi connectivity index (χ0) is 20.0. The monoisotopic (exact) mass is 429 g/mol. The standard InChI is InChI=1S/C16H23N5O3S3/c1-11-4-6-12(7-5-11)27(23,24)20-13(8-9-26-3)15(22)17-10-14-18-19-16(25)21(14)2/h4-7,13,20H,8-10H2,1-3H3,(H,17,22)(H,19,25). The number of rotatable bonds is 9. The second kappa shape index (κ2) is 9.49. The van der Waals surface area contributed by atoms with Crippen LogP contribution in [0.25, 0.3) is 0 Å². The fourth-order valence-corrected chi connectivity index (χ4v) is 4.13. The van der Waals surface area contributed by atoms with E-state index in [9.17, 15) is 13.2 Å². The van der Waals surface area contributed by atoms with E-state index in [1.807, 2.05) is 13.2 Å². The predicted octanol–water partition coefficient (Wildman–Crippen LogP) is 1.50. The molecule has 0 radical (unpaired) electrons. The Labute approximate surface area is 168 Å². The summed E-state index contributed by atoms with van der Waals surface area (Å²) in [7, 11) is -2.07. The summed E-state index contributed by atoms with van der Waals surface area (Å²) in [6, 6.07) is 5.60. The molecule has 0 spiro atoms. The third kappa shape index (κ3) is 5.89. The van der Waals surface area contributed by atoms with E-state index in [1.54, 1.807) is 35.5 Å². The van der Waals surface area contributed by atoms with Gasteiger partial charge in [0.2, 0.25) is 15.9 Å². The topological polar surface area (TPSA) is 109 Å². The predicted molar refractivity (Wildman–Crippen MR) is 109 cm³/mol. The van der Waals surface area contributed by atoms with Crippen LogP contribution < -0.4 is 10.0 Å². The van der Waals surface area contributed by atoms with Crippen LogP contribution in [0.3, 0.4) is 0 Å². The molecule has 27 heavy (non-hydrogen) atoms. The largest absolute Gasteiger partial charge is 0.347 e. The summed E-state index contributed by atoms with van der Waals surface area (Å²) in [5, 5.41) is 9.39. The summed E-state index contributed by atoms with van der Waals surface area (Å²) in [6.45, 7) is 2.02. The van der Waals surface area contributed by atoms with E-state index < -0.39 is 22.0 Å². The van der Waals surface area contributed by atoms with Crippen LogP contribution in [0.2, 0.25) is 0 Å². The van der Waals surface area contributed by atoms with Crippen LogP contribution in [0.4, 0.5) is 0 Å². The lowest BCUT2D eigenvalue weighted by molar-refractivity contribution is -0.123. The molecule has 0 aliphatic heterocycles. The first-order valence-electron chi connectivity index (χ1n) is 8.20. The highest BCUT2D eigenvalue weighted by Gasteiger charge is 2.25. The summed E-state index contributed by atoms with van der Waals surface area (Å²) in [6.07, 6.45) is 2.27. The van der Waals surface area contributed by atoms with E-state index in [2.05, 4.69) is 20.2 Å². The molecule has 0 saturated carbocycles. The molecule has 1 amide bonds. The van der Waals surface area contributed by atoms with Gasteiger partial charge in [-0.15, -0.1) is 0 Å². The molecule has 3 N–H and O–H groups in total. The molecule has 0 aliphatic rings. The van der Waals surface area contributed by atoms with Crippen molar-refractivity contribution in [2.75, 3.05) is 12.0 Å². The molecule has 0 fully saturated rings. The molecule has 8 nitrogen and oxygen atoms in total. The van der Waals surface area contributed by atoms with Crippen molar-refractivity contribution in [3.05, 3.63) is 40.4 Å². The van der Waals surface area contributed by atoms with Crippen LogP contribution in [-0.2, 0) is 28.4 Å². The van der Waals surface area contributed by atoms with Crippen LogP contribution in [0.1, 0.15) is 17.8 Å². The second-order valence-electron chi connectivity index (χ2n) is 5.99. The van der Waals surface area contributed by atoms with Crippen molar-refractivity contribution in [3.63, 3.8) is 0 Å². The molecular weight excluding hydrogens is 406 g/mol. The Morgan fingerprint density at radius 1 is 1.37 bits per heavy atom. The zero-order valence-corrected chi connectivity index (χ0v) is 17.8. The number of sulfonamides is 1. The average Bonchev–Trinajstić information content (AvgIpc) is 2.95. The molecule has 0 bridgehead atoms. The van der Waals surface area contributed by atoms with E-state index in [1.165, 1.54) is 12.1 Å².